The molecule has 2 heterocycles. The molecule has 1 aliphatic carbocycles. The van der Waals surface area contributed by atoms with Gasteiger partial charge in [0, 0.05) is 30.3 Å². The van der Waals surface area contributed by atoms with Crippen molar-refractivity contribution in [1.82, 2.24) is 19.7 Å². The maximum absolute atomic E-state index is 5.48. The lowest BCUT2D eigenvalue weighted by Crippen LogP contribution is -2.12. The van der Waals surface area contributed by atoms with Crippen molar-refractivity contribution in [3.8, 4) is 22.8 Å². The van der Waals surface area contributed by atoms with E-state index < -0.39 is 0 Å². The van der Waals surface area contributed by atoms with E-state index in [1.807, 2.05) is 25.4 Å². The molecule has 27 heavy (non-hydrogen) atoms. The highest BCUT2D eigenvalue weighted by atomic mass is 16.5. The predicted molar refractivity (Wildman–Crippen MR) is 106 cm³/mol. The summed E-state index contributed by atoms with van der Waals surface area (Å²) in [6.07, 6.45) is 10.3. The van der Waals surface area contributed by atoms with Gasteiger partial charge in [-0.25, -0.2) is 9.97 Å². The van der Waals surface area contributed by atoms with E-state index in [2.05, 4.69) is 26.3 Å². The van der Waals surface area contributed by atoms with E-state index in [0.29, 0.717) is 23.5 Å². The minimum Gasteiger partial charge on any atom is -0.493 e. The van der Waals surface area contributed by atoms with Crippen molar-refractivity contribution >= 4 is 16.9 Å². The molecule has 1 saturated carbocycles. The van der Waals surface area contributed by atoms with E-state index in [4.69, 9.17) is 14.5 Å². The van der Waals surface area contributed by atoms with Gasteiger partial charge in [-0.1, -0.05) is 19.3 Å². The summed E-state index contributed by atoms with van der Waals surface area (Å²) in [6, 6.07) is 4.30. The normalized spacial score (nSPS) is 15.1. The third-order valence-electron chi connectivity index (χ3n) is 5.25. The highest BCUT2D eigenvalue weighted by Gasteiger charge is 2.19. The summed E-state index contributed by atoms with van der Waals surface area (Å²) in [6.45, 7) is 0. The molecule has 3 aromatic rings. The molecule has 142 valence electrons. The second-order valence-electron chi connectivity index (χ2n) is 6.87. The van der Waals surface area contributed by atoms with Gasteiger partial charge >= 0.3 is 0 Å². The van der Waals surface area contributed by atoms with E-state index in [0.717, 1.165) is 22.2 Å². The molecule has 1 fully saturated rings. The fourth-order valence-electron chi connectivity index (χ4n) is 3.79. The average Bonchev–Trinajstić information content (AvgIpc) is 3.22. The van der Waals surface area contributed by atoms with Crippen molar-refractivity contribution in [2.24, 2.45) is 0 Å². The Morgan fingerprint density at radius 2 is 1.78 bits per heavy atom. The predicted octanol–water partition coefficient (Wildman–Crippen LogP) is 4.06. The number of hydrogen-bond acceptors (Lipinski definition) is 6. The van der Waals surface area contributed by atoms with Crippen LogP contribution >= 0.6 is 0 Å². The molecule has 0 saturated heterocycles. The summed E-state index contributed by atoms with van der Waals surface area (Å²) in [5, 5.41) is 8.59. The number of hydrogen-bond donors (Lipinski definition) is 1. The van der Waals surface area contributed by atoms with E-state index in [9.17, 15) is 0 Å². The summed E-state index contributed by atoms with van der Waals surface area (Å²) in [7, 11) is 5.07. The molecule has 0 unspecified atom stereocenters. The topological polar surface area (TPSA) is 74.1 Å². The molecule has 0 aliphatic heterocycles. The first-order valence-corrected chi connectivity index (χ1v) is 9.39. The summed E-state index contributed by atoms with van der Waals surface area (Å²) in [5.74, 6) is 1.87. The van der Waals surface area contributed by atoms with Crippen LogP contribution in [-0.2, 0) is 0 Å². The number of rotatable bonds is 5. The first-order valence-electron chi connectivity index (χ1n) is 9.39. The second kappa shape index (κ2) is 7.42. The molecule has 4 rings (SSSR count). The van der Waals surface area contributed by atoms with E-state index >= 15 is 0 Å². The van der Waals surface area contributed by atoms with Crippen LogP contribution in [0.2, 0.25) is 0 Å². The third-order valence-corrected chi connectivity index (χ3v) is 5.25. The minimum absolute atomic E-state index is 0.485. The molecular formula is C20H25N5O2. The fourth-order valence-corrected chi connectivity index (χ4v) is 3.79. The van der Waals surface area contributed by atoms with Gasteiger partial charge in [0.1, 0.15) is 0 Å². The second-order valence-corrected chi connectivity index (χ2v) is 6.87. The molecule has 2 aromatic heterocycles. The quantitative estimate of drug-likeness (QED) is 0.733. The molecular weight excluding hydrogens is 342 g/mol. The lowest BCUT2D eigenvalue weighted by atomic mass is 9.96. The van der Waals surface area contributed by atoms with E-state index in [1.165, 1.54) is 32.1 Å². The number of methoxy groups -OCH3 is 2. The number of nitrogens with zero attached hydrogens (tertiary/aromatic N) is 4. The van der Waals surface area contributed by atoms with Crippen LogP contribution < -0.4 is 14.8 Å². The number of nitrogens with one attached hydrogen (secondary N) is 1. The maximum atomic E-state index is 5.48. The number of benzene rings is 1. The number of aromatic nitrogens is 4. The van der Waals surface area contributed by atoms with Gasteiger partial charge in [-0.05, 0) is 18.9 Å². The van der Waals surface area contributed by atoms with Crippen molar-refractivity contribution in [3.05, 3.63) is 24.5 Å². The van der Waals surface area contributed by atoms with Gasteiger partial charge in [-0.3, -0.25) is 4.68 Å². The minimum atomic E-state index is 0.485. The maximum Gasteiger partial charge on any atom is 0.223 e. The zero-order valence-electron chi connectivity index (χ0n) is 16.0. The van der Waals surface area contributed by atoms with Crippen LogP contribution in [0.5, 0.6) is 11.5 Å². The van der Waals surface area contributed by atoms with Gasteiger partial charge in [-0.15, -0.1) is 0 Å². The summed E-state index contributed by atoms with van der Waals surface area (Å²) in [5.41, 5.74) is 2.62. The summed E-state index contributed by atoms with van der Waals surface area (Å²) in [4.78, 5) is 9.28. The molecule has 1 N–H and O–H groups in total. The molecule has 0 bridgehead atoms. The Hall–Kier alpha value is -2.83. The van der Waals surface area contributed by atoms with Gasteiger partial charge in [0.25, 0.3) is 0 Å². The Bertz CT molecular complexity index is 947. The first-order chi connectivity index (χ1) is 13.2. The zero-order chi connectivity index (χ0) is 18.8. The Labute approximate surface area is 158 Å². The Kier molecular flexibility index (Phi) is 4.83. The van der Waals surface area contributed by atoms with Crippen molar-refractivity contribution in [2.45, 2.75) is 38.1 Å². The van der Waals surface area contributed by atoms with Crippen LogP contribution in [0.15, 0.2) is 24.5 Å². The fraction of sp³-hybridized carbons (Fsp3) is 0.450. The molecule has 0 radical (unpaired) electrons. The Morgan fingerprint density at radius 1 is 1.04 bits per heavy atom. The molecule has 0 amide bonds. The van der Waals surface area contributed by atoms with Gasteiger partial charge in [-0.2, -0.15) is 5.10 Å². The average molecular weight is 367 g/mol. The highest BCUT2D eigenvalue weighted by molar-refractivity contribution is 5.95. The SMILES string of the molecule is CNc1nc(-c2cnn(C3CCCCC3)c2)c2cc(OC)c(OC)cc2n1. The smallest absolute Gasteiger partial charge is 0.223 e. The zero-order valence-corrected chi connectivity index (χ0v) is 16.0. The summed E-state index contributed by atoms with van der Waals surface area (Å²) >= 11 is 0. The lowest BCUT2D eigenvalue weighted by molar-refractivity contribution is 0.329. The number of ether oxygens (including phenoxy) is 2. The van der Waals surface area contributed by atoms with E-state index in [-0.39, 0.29) is 0 Å². The summed E-state index contributed by atoms with van der Waals surface area (Å²) < 4.78 is 13.0. The molecule has 1 aromatic carbocycles. The highest BCUT2D eigenvalue weighted by Crippen LogP contribution is 2.36. The number of fused-ring (bicyclic) bond motifs is 1. The van der Waals surface area contributed by atoms with Gasteiger partial charge in [0.15, 0.2) is 11.5 Å². The monoisotopic (exact) mass is 367 g/mol. The Morgan fingerprint density at radius 3 is 2.48 bits per heavy atom. The van der Waals surface area contributed by atoms with Crippen molar-refractivity contribution in [3.63, 3.8) is 0 Å². The van der Waals surface area contributed by atoms with Crippen molar-refractivity contribution in [2.75, 3.05) is 26.6 Å². The Balaban J connectivity index is 1.83. The van der Waals surface area contributed by atoms with Crippen LogP contribution in [0.4, 0.5) is 5.95 Å². The van der Waals surface area contributed by atoms with Crippen LogP contribution in [-0.4, -0.2) is 41.0 Å². The van der Waals surface area contributed by atoms with Gasteiger partial charge in [0.2, 0.25) is 5.95 Å². The van der Waals surface area contributed by atoms with Crippen molar-refractivity contribution < 1.29 is 9.47 Å². The van der Waals surface area contributed by atoms with Crippen LogP contribution in [0.3, 0.4) is 0 Å². The molecule has 0 atom stereocenters. The van der Waals surface area contributed by atoms with Gasteiger partial charge in [0.05, 0.1) is 37.7 Å². The standard InChI is InChI=1S/C20H25N5O2/c1-21-20-23-16-10-18(27-3)17(26-2)9-15(16)19(24-20)13-11-22-25(12-13)14-7-5-4-6-8-14/h9-12,14H,4-8H2,1-3H3,(H,21,23,24). The molecule has 7 nitrogen and oxygen atoms in total. The number of anilines is 1. The molecule has 7 heteroatoms. The van der Waals surface area contributed by atoms with Crippen LogP contribution in [0.25, 0.3) is 22.2 Å². The first kappa shape index (κ1) is 17.6. The van der Waals surface area contributed by atoms with Gasteiger partial charge < -0.3 is 14.8 Å². The third kappa shape index (κ3) is 3.29. The molecule has 0 spiro atoms. The van der Waals surface area contributed by atoms with Crippen LogP contribution in [0, 0.1) is 0 Å². The van der Waals surface area contributed by atoms with E-state index in [1.54, 1.807) is 14.2 Å². The van der Waals surface area contributed by atoms with Crippen LogP contribution in [0.1, 0.15) is 38.1 Å². The van der Waals surface area contributed by atoms with Crippen molar-refractivity contribution in [1.29, 1.82) is 0 Å². The largest absolute Gasteiger partial charge is 0.493 e. The lowest BCUT2D eigenvalue weighted by Gasteiger charge is -2.21. The molecule has 1 aliphatic rings.